The molecule has 3 amide bonds. The Morgan fingerprint density at radius 2 is 1.79 bits per heavy atom. The maximum absolute atomic E-state index is 12.9. The maximum atomic E-state index is 12.9. The van der Waals surface area contributed by atoms with Gasteiger partial charge in [-0.1, -0.05) is 26.7 Å². The maximum Gasteiger partial charge on any atom is 0.326 e. The van der Waals surface area contributed by atoms with E-state index in [1.54, 1.807) is 6.92 Å². The van der Waals surface area contributed by atoms with E-state index in [1.807, 2.05) is 6.92 Å². The van der Waals surface area contributed by atoms with Gasteiger partial charge in [0.05, 0.1) is 12.4 Å². The third-order valence-corrected chi connectivity index (χ3v) is 5.44. The first kappa shape index (κ1) is 28.0. The summed E-state index contributed by atoms with van der Waals surface area (Å²) in [5, 5.41) is 17.2. The molecule has 9 N–H and O–H groups in total. The minimum atomic E-state index is -1.21. The highest BCUT2D eigenvalue weighted by molar-refractivity contribution is 5.94. The minimum absolute atomic E-state index is 0.0107. The van der Waals surface area contributed by atoms with E-state index in [2.05, 4.69) is 25.9 Å². The van der Waals surface area contributed by atoms with Crippen molar-refractivity contribution in [2.45, 2.75) is 77.0 Å². The quantitative estimate of drug-likeness (QED) is 0.159. The summed E-state index contributed by atoms with van der Waals surface area (Å²) in [5.41, 5.74) is 11.8. The van der Waals surface area contributed by atoms with Gasteiger partial charge in [-0.3, -0.25) is 14.4 Å². The number of hydrogen-bond donors (Lipinski definition) is 7. The number of carboxylic acids is 1. The molecule has 1 aromatic heterocycles. The smallest absolute Gasteiger partial charge is 0.326 e. The first-order chi connectivity index (χ1) is 15.6. The topological polar surface area (TPSA) is 205 Å². The average molecular weight is 468 g/mol. The van der Waals surface area contributed by atoms with Crippen LogP contribution in [0.25, 0.3) is 0 Å². The number of carbonyl (C=O) groups is 4. The van der Waals surface area contributed by atoms with Crippen LogP contribution in [0.1, 0.15) is 52.1 Å². The molecular formula is C21H37N7O5. The standard InChI is InChI=1S/C21H37N7O5/c1-4-12(2)17(20(31)27-16(21(32)33)9-14-10-24-11-25-14)28-18(29)13(3)26-19(30)15(23)7-5-6-8-22/h10-13,15-17H,4-9,22-23H2,1-3H3,(H,24,25)(H,26,30)(H,27,31)(H,28,29)(H,32,33). The van der Waals surface area contributed by atoms with E-state index < -0.39 is 47.9 Å². The van der Waals surface area contributed by atoms with Crippen LogP contribution in [0.4, 0.5) is 0 Å². The summed E-state index contributed by atoms with van der Waals surface area (Å²) in [7, 11) is 0. The van der Waals surface area contributed by atoms with Gasteiger partial charge in [-0.25, -0.2) is 9.78 Å². The zero-order chi connectivity index (χ0) is 25.0. The monoisotopic (exact) mass is 467 g/mol. The number of imidazole rings is 1. The zero-order valence-electron chi connectivity index (χ0n) is 19.5. The van der Waals surface area contributed by atoms with Gasteiger partial charge in [0.2, 0.25) is 17.7 Å². The van der Waals surface area contributed by atoms with Gasteiger partial charge in [0.25, 0.3) is 0 Å². The molecule has 0 aromatic carbocycles. The lowest BCUT2D eigenvalue weighted by atomic mass is 9.97. The van der Waals surface area contributed by atoms with E-state index in [1.165, 1.54) is 19.4 Å². The van der Waals surface area contributed by atoms with Crippen molar-refractivity contribution in [2.75, 3.05) is 6.54 Å². The number of nitrogens with one attached hydrogen (secondary N) is 4. The van der Waals surface area contributed by atoms with Crippen molar-refractivity contribution in [3.8, 4) is 0 Å². The number of carbonyl (C=O) groups excluding carboxylic acids is 3. The summed E-state index contributed by atoms with van der Waals surface area (Å²) in [5.74, 6) is -3.15. The first-order valence-corrected chi connectivity index (χ1v) is 11.2. The Bertz CT molecular complexity index is 771. The molecule has 186 valence electrons. The molecule has 12 heteroatoms. The predicted octanol–water partition coefficient (Wildman–Crippen LogP) is -0.986. The number of aromatic amines is 1. The van der Waals surface area contributed by atoms with Crippen LogP contribution >= 0.6 is 0 Å². The number of rotatable bonds is 15. The molecule has 5 atom stereocenters. The van der Waals surface area contributed by atoms with Crippen LogP contribution in [0.5, 0.6) is 0 Å². The zero-order valence-corrected chi connectivity index (χ0v) is 19.5. The van der Waals surface area contributed by atoms with Crippen LogP contribution in [0.2, 0.25) is 0 Å². The number of hydrogen-bond acceptors (Lipinski definition) is 7. The largest absolute Gasteiger partial charge is 0.480 e. The fraction of sp³-hybridized carbons (Fsp3) is 0.667. The van der Waals surface area contributed by atoms with Gasteiger partial charge >= 0.3 is 5.97 Å². The van der Waals surface area contributed by atoms with Crippen LogP contribution < -0.4 is 27.4 Å². The molecule has 0 aliphatic carbocycles. The average Bonchev–Trinajstić information content (AvgIpc) is 3.29. The number of carboxylic acid groups (broad SMARTS) is 1. The van der Waals surface area contributed by atoms with E-state index in [9.17, 15) is 24.3 Å². The minimum Gasteiger partial charge on any atom is -0.480 e. The van der Waals surface area contributed by atoms with Crippen molar-refractivity contribution in [1.82, 2.24) is 25.9 Å². The van der Waals surface area contributed by atoms with Crippen LogP contribution in [-0.4, -0.2) is 69.5 Å². The lowest BCUT2D eigenvalue weighted by Crippen LogP contribution is -2.58. The third kappa shape index (κ3) is 9.58. The number of nitrogens with two attached hydrogens (primary N) is 2. The van der Waals surface area contributed by atoms with E-state index in [0.29, 0.717) is 31.5 Å². The van der Waals surface area contributed by atoms with Crippen LogP contribution in [0.3, 0.4) is 0 Å². The summed E-state index contributed by atoms with van der Waals surface area (Å²) < 4.78 is 0. The van der Waals surface area contributed by atoms with E-state index in [4.69, 9.17) is 11.5 Å². The Morgan fingerprint density at radius 3 is 2.33 bits per heavy atom. The Hall–Kier alpha value is -2.99. The van der Waals surface area contributed by atoms with Crippen LogP contribution in [-0.2, 0) is 25.6 Å². The molecule has 1 aromatic rings. The normalized spacial score (nSPS) is 15.5. The fourth-order valence-corrected chi connectivity index (χ4v) is 3.08. The predicted molar refractivity (Wildman–Crippen MR) is 122 cm³/mol. The highest BCUT2D eigenvalue weighted by Crippen LogP contribution is 2.10. The van der Waals surface area contributed by atoms with Gasteiger partial charge in [0.15, 0.2) is 0 Å². The van der Waals surface area contributed by atoms with Crippen LogP contribution in [0, 0.1) is 5.92 Å². The lowest BCUT2D eigenvalue weighted by molar-refractivity contribution is -0.142. The van der Waals surface area contributed by atoms with Crippen molar-refractivity contribution in [1.29, 1.82) is 0 Å². The second-order valence-electron chi connectivity index (χ2n) is 8.17. The summed E-state index contributed by atoms with van der Waals surface area (Å²) in [6.45, 7) is 5.62. The van der Waals surface area contributed by atoms with Gasteiger partial charge in [0, 0.05) is 18.3 Å². The molecule has 33 heavy (non-hydrogen) atoms. The van der Waals surface area contributed by atoms with Crippen molar-refractivity contribution in [2.24, 2.45) is 17.4 Å². The number of unbranched alkanes of at least 4 members (excludes halogenated alkanes) is 1. The summed E-state index contributed by atoms with van der Waals surface area (Å²) >= 11 is 0. The molecule has 0 aliphatic heterocycles. The van der Waals surface area contributed by atoms with Gasteiger partial charge in [-0.05, 0) is 32.2 Å². The van der Waals surface area contributed by atoms with Gasteiger partial charge in [-0.2, -0.15) is 0 Å². The molecule has 0 bridgehead atoms. The van der Waals surface area contributed by atoms with Gasteiger partial charge in [0.1, 0.15) is 18.1 Å². The fourth-order valence-electron chi connectivity index (χ4n) is 3.08. The SMILES string of the molecule is CCC(C)C(NC(=O)C(C)NC(=O)C(N)CCCCN)C(=O)NC(Cc1cnc[nH]1)C(=O)O. The molecule has 0 fully saturated rings. The first-order valence-electron chi connectivity index (χ1n) is 11.2. The van der Waals surface area contributed by atoms with Crippen molar-refractivity contribution in [3.63, 3.8) is 0 Å². The van der Waals surface area contributed by atoms with E-state index in [-0.39, 0.29) is 12.3 Å². The lowest BCUT2D eigenvalue weighted by Gasteiger charge is -2.27. The number of amides is 3. The molecule has 0 radical (unpaired) electrons. The second kappa shape index (κ2) is 14.2. The summed E-state index contributed by atoms with van der Waals surface area (Å²) in [6.07, 6.45) is 5.35. The summed E-state index contributed by atoms with van der Waals surface area (Å²) in [6, 6.07) is -3.88. The number of aromatic nitrogens is 2. The van der Waals surface area contributed by atoms with Crippen molar-refractivity contribution in [3.05, 3.63) is 18.2 Å². The molecular weight excluding hydrogens is 430 g/mol. The molecule has 0 spiro atoms. The number of H-pyrrole nitrogens is 1. The van der Waals surface area contributed by atoms with Crippen molar-refractivity contribution >= 4 is 23.7 Å². The molecule has 1 rings (SSSR count). The second-order valence-corrected chi connectivity index (χ2v) is 8.17. The van der Waals surface area contributed by atoms with Gasteiger partial charge in [-0.15, -0.1) is 0 Å². The molecule has 12 nitrogen and oxygen atoms in total. The molecule has 5 unspecified atom stereocenters. The van der Waals surface area contributed by atoms with Crippen LogP contribution in [0.15, 0.2) is 12.5 Å². The van der Waals surface area contributed by atoms with E-state index >= 15 is 0 Å². The Kier molecular flexibility index (Phi) is 12.1. The molecule has 0 saturated carbocycles. The molecule has 1 heterocycles. The van der Waals surface area contributed by atoms with Gasteiger partial charge < -0.3 is 37.5 Å². The molecule has 0 saturated heterocycles. The molecule has 0 aliphatic rings. The summed E-state index contributed by atoms with van der Waals surface area (Å²) in [4.78, 5) is 56.1. The van der Waals surface area contributed by atoms with E-state index in [0.717, 1.165) is 6.42 Å². The Labute approximate surface area is 193 Å². The highest BCUT2D eigenvalue weighted by Gasteiger charge is 2.31. The Balaban J connectivity index is 2.76. The Morgan fingerprint density at radius 1 is 1.09 bits per heavy atom. The number of nitrogens with zero attached hydrogens (tertiary/aromatic N) is 1. The van der Waals surface area contributed by atoms with Crippen molar-refractivity contribution < 1.29 is 24.3 Å². The number of aliphatic carboxylic acids is 1. The highest BCUT2D eigenvalue weighted by atomic mass is 16.4. The third-order valence-electron chi connectivity index (χ3n) is 5.44.